The van der Waals surface area contributed by atoms with Gasteiger partial charge in [0.05, 0.1) is 17.2 Å². The second kappa shape index (κ2) is 14.9. The Morgan fingerprint density at radius 1 is 1.00 bits per heavy atom. The van der Waals surface area contributed by atoms with Crippen LogP contribution >= 0.6 is 11.3 Å². The van der Waals surface area contributed by atoms with Crippen LogP contribution in [-0.4, -0.2) is 68.8 Å². The zero-order valence-electron chi connectivity index (χ0n) is 28.1. The maximum absolute atomic E-state index is 14.8. The number of benzene rings is 1. The second-order valence-corrected chi connectivity index (χ2v) is 14.0. The SMILES string of the molecule is CCC[C@H]1N(C(=O)c2ncccc2C(F)(F)F)CCC[C@@]1(Oc1csc(C(F)(F)F)c1)C(=O)N1CCC(O)(c2ccccc2CCC(C)=O)CC1. The molecule has 276 valence electrons. The number of hydrogen-bond donors (Lipinski definition) is 1. The highest BCUT2D eigenvalue weighted by atomic mass is 32.1. The van der Waals surface area contributed by atoms with E-state index >= 15 is 0 Å². The fourth-order valence-corrected chi connectivity index (χ4v) is 7.87. The lowest BCUT2D eigenvalue weighted by Crippen LogP contribution is -2.68. The molecule has 2 aromatic heterocycles. The molecule has 1 aromatic carbocycles. The monoisotopic (exact) mass is 739 g/mol. The van der Waals surface area contributed by atoms with E-state index in [1.807, 2.05) is 12.1 Å². The first kappa shape index (κ1) is 38.3. The normalized spacial score (nSPS) is 21.0. The quantitative estimate of drug-likeness (QED) is 0.217. The van der Waals surface area contributed by atoms with Gasteiger partial charge in [-0.25, -0.2) is 0 Å². The van der Waals surface area contributed by atoms with E-state index in [4.69, 9.17) is 4.74 Å². The zero-order valence-corrected chi connectivity index (χ0v) is 29.0. The molecule has 0 radical (unpaired) electrons. The number of Topliss-reactive ketones (excluding diaryl/α,β-unsaturated/α-hetero) is 1. The molecular weight excluding hydrogens is 700 g/mol. The largest absolute Gasteiger partial charge is 0.474 e. The maximum atomic E-state index is 14.8. The van der Waals surface area contributed by atoms with Gasteiger partial charge in [-0.15, -0.1) is 11.3 Å². The minimum absolute atomic E-state index is 0.00481. The minimum Gasteiger partial charge on any atom is -0.474 e. The number of nitrogens with zero attached hydrogens (tertiary/aromatic N) is 3. The van der Waals surface area contributed by atoms with Gasteiger partial charge in [0.15, 0.2) is 0 Å². The van der Waals surface area contributed by atoms with Crippen molar-refractivity contribution < 1.29 is 50.6 Å². The summed E-state index contributed by atoms with van der Waals surface area (Å²) in [5, 5.41) is 13.0. The van der Waals surface area contributed by atoms with E-state index in [0.717, 1.165) is 40.2 Å². The molecule has 0 saturated carbocycles. The van der Waals surface area contributed by atoms with Gasteiger partial charge < -0.3 is 24.4 Å². The summed E-state index contributed by atoms with van der Waals surface area (Å²) in [6, 6.07) is 8.61. The van der Waals surface area contributed by atoms with Gasteiger partial charge in [0.2, 0.25) is 5.60 Å². The van der Waals surface area contributed by atoms with Gasteiger partial charge in [0, 0.05) is 50.1 Å². The summed E-state index contributed by atoms with van der Waals surface area (Å²) in [6.07, 6.45) is -7.13. The smallest absolute Gasteiger partial charge is 0.425 e. The van der Waals surface area contributed by atoms with Crippen LogP contribution in [0.25, 0.3) is 0 Å². The number of carbonyl (C=O) groups is 3. The van der Waals surface area contributed by atoms with Crippen molar-refractivity contribution in [1.29, 1.82) is 0 Å². The van der Waals surface area contributed by atoms with Crippen molar-refractivity contribution in [1.82, 2.24) is 14.8 Å². The third kappa shape index (κ3) is 8.09. The fraction of sp³-hybridized carbons (Fsp3) is 0.500. The van der Waals surface area contributed by atoms with Crippen LogP contribution in [0.1, 0.15) is 90.8 Å². The lowest BCUT2D eigenvalue weighted by molar-refractivity contribution is -0.163. The molecule has 5 rings (SSSR count). The third-order valence-electron chi connectivity index (χ3n) is 9.66. The predicted molar refractivity (Wildman–Crippen MR) is 176 cm³/mol. The number of thiophene rings is 1. The number of amides is 2. The number of carbonyl (C=O) groups excluding carboxylic acids is 3. The molecule has 2 aliphatic heterocycles. The fourth-order valence-electron chi connectivity index (χ4n) is 7.20. The number of rotatable bonds is 10. The Balaban J connectivity index is 1.51. The van der Waals surface area contributed by atoms with Gasteiger partial charge in [-0.05, 0) is 62.3 Å². The van der Waals surface area contributed by atoms with E-state index in [2.05, 4.69) is 4.98 Å². The number of ether oxygens (including phenoxy) is 1. The Morgan fingerprint density at radius 2 is 1.71 bits per heavy atom. The first-order chi connectivity index (χ1) is 24.0. The number of aromatic nitrogens is 1. The maximum Gasteiger partial charge on any atom is 0.425 e. The highest BCUT2D eigenvalue weighted by molar-refractivity contribution is 7.10. The van der Waals surface area contributed by atoms with Crippen molar-refractivity contribution in [2.24, 2.45) is 0 Å². The van der Waals surface area contributed by atoms with Crippen LogP contribution < -0.4 is 4.74 Å². The molecule has 1 N–H and O–H groups in total. The van der Waals surface area contributed by atoms with Crippen LogP contribution in [0.15, 0.2) is 54.0 Å². The van der Waals surface area contributed by atoms with Gasteiger partial charge >= 0.3 is 12.4 Å². The lowest BCUT2D eigenvalue weighted by atomic mass is 9.77. The number of piperidine rings is 2. The molecule has 15 heteroatoms. The molecule has 2 fully saturated rings. The first-order valence-electron chi connectivity index (χ1n) is 16.8. The van der Waals surface area contributed by atoms with Crippen molar-refractivity contribution in [2.45, 2.75) is 94.8 Å². The van der Waals surface area contributed by atoms with Crippen LogP contribution in [0.5, 0.6) is 5.75 Å². The van der Waals surface area contributed by atoms with Gasteiger partial charge in [-0.2, -0.15) is 26.3 Å². The summed E-state index contributed by atoms with van der Waals surface area (Å²) in [5.41, 5.74) is -3.98. The number of likely N-dealkylation sites (tertiary alicyclic amines) is 2. The Bertz CT molecular complexity index is 1740. The predicted octanol–water partition coefficient (Wildman–Crippen LogP) is 7.44. The van der Waals surface area contributed by atoms with Crippen molar-refractivity contribution >= 4 is 28.9 Å². The van der Waals surface area contributed by atoms with Crippen LogP contribution in [0.4, 0.5) is 26.3 Å². The molecule has 51 heavy (non-hydrogen) atoms. The van der Waals surface area contributed by atoms with Crippen LogP contribution in [0, 0.1) is 0 Å². The average molecular weight is 740 g/mol. The van der Waals surface area contributed by atoms with Crippen LogP contribution in [0.2, 0.25) is 0 Å². The standard InChI is InChI=1S/C36H39F6N3O5S/c1-3-8-28-34(50-25-21-29(51-22-25)36(40,41)42,14-7-18-45(28)31(47)30-27(35(37,38)39)11-6-17-43-30)32(48)44-19-15-33(49,16-20-44)26-10-5-4-9-24(26)13-12-23(2)46/h4-6,9-11,17,21-22,28,49H,3,7-8,12-16,18-20H2,1-2H3/t28-,34+/m1/s1. The van der Waals surface area contributed by atoms with Crippen LogP contribution in [-0.2, 0) is 34.0 Å². The van der Waals surface area contributed by atoms with E-state index in [9.17, 15) is 45.8 Å². The number of pyridine rings is 1. The highest BCUT2D eigenvalue weighted by Crippen LogP contribution is 2.44. The highest BCUT2D eigenvalue weighted by Gasteiger charge is 2.56. The van der Waals surface area contributed by atoms with Crippen molar-refractivity contribution in [3.05, 3.63) is 81.3 Å². The van der Waals surface area contributed by atoms with Gasteiger partial charge in [-0.3, -0.25) is 14.6 Å². The number of halogens is 6. The number of aliphatic hydroxyl groups is 1. The molecule has 3 aromatic rings. The Morgan fingerprint density at radius 3 is 2.33 bits per heavy atom. The molecule has 0 unspecified atom stereocenters. The van der Waals surface area contributed by atoms with Gasteiger partial charge in [0.25, 0.3) is 11.8 Å². The Kier molecular flexibility index (Phi) is 11.2. The molecule has 2 aliphatic rings. The van der Waals surface area contributed by atoms with Gasteiger partial charge in [0.1, 0.15) is 22.1 Å². The van der Waals surface area contributed by atoms with Crippen LogP contribution in [0.3, 0.4) is 0 Å². The van der Waals surface area contributed by atoms with Crippen molar-refractivity contribution in [2.75, 3.05) is 19.6 Å². The molecule has 2 atom stereocenters. The summed E-state index contributed by atoms with van der Waals surface area (Å²) in [4.78, 5) is 45.9. The second-order valence-electron chi connectivity index (χ2n) is 13.1. The van der Waals surface area contributed by atoms with E-state index < -0.39 is 57.5 Å². The Labute approximate surface area is 295 Å². The molecule has 8 nitrogen and oxygen atoms in total. The Hall–Kier alpha value is -3.98. The average Bonchev–Trinajstić information content (AvgIpc) is 3.57. The number of alkyl halides is 6. The van der Waals surface area contributed by atoms with E-state index in [0.29, 0.717) is 29.7 Å². The third-order valence-corrected chi connectivity index (χ3v) is 10.6. The molecule has 0 spiro atoms. The zero-order chi connectivity index (χ0) is 37.2. The van der Waals surface area contributed by atoms with E-state index in [1.165, 1.54) is 11.8 Å². The first-order valence-corrected chi connectivity index (χ1v) is 17.7. The summed E-state index contributed by atoms with van der Waals surface area (Å²) >= 11 is 0.374. The van der Waals surface area contributed by atoms with E-state index in [1.54, 1.807) is 19.1 Å². The molecule has 4 heterocycles. The van der Waals surface area contributed by atoms with E-state index in [-0.39, 0.29) is 69.7 Å². The minimum atomic E-state index is -4.90. The molecular formula is C36H39F6N3O5S. The summed E-state index contributed by atoms with van der Waals surface area (Å²) in [5.74, 6) is -1.96. The lowest BCUT2D eigenvalue weighted by Gasteiger charge is -2.51. The summed E-state index contributed by atoms with van der Waals surface area (Å²) < 4.78 is 89.2. The number of ketones is 1. The molecule has 2 saturated heterocycles. The molecule has 0 aliphatic carbocycles. The van der Waals surface area contributed by atoms with Crippen molar-refractivity contribution in [3.8, 4) is 5.75 Å². The number of aryl methyl sites for hydroxylation is 1. The van der Waals surface area contributed by atoms with Gasteiger partial charge in [-0.1, -0.05) is 37.6 Å². The summed E-state index contributed by atoms with van der Waals surface area (Å²) in [6.45, 7) is 3.24. The van der Waals surface area contributed by atoms with Crippen molar-refractivity contribution in [3.63, 3.8) is 0 Å². The molecule has 2 amide bonds. The topological polar surface area (TPSA) is 100 Å². The molecule has 0 bridgehead atoms. The summed E-state index contributed by atoms with van der Waals surface area (Å²) in [7, 11) is 0. The number of hydrogen-bond acceptors (Lipinski definition) is 7.